The van der Waals surface area contributed by atoms with Gasteiger partial charge in [-0.3, -0.25) is 0 Å². The molecule has 0 saturated heterocycles. The van der Waals surface area contributed by atoms with Gasteiger partial charge in [0.1, 0.15) is 5.75 Å². The Morgan fingerprint density at radius 2 is 1.41 bits per heavy atom. The van der Waals surface area contributed by atoms with Crippen molar-refractivity contribution in [2.45, 2.75) is 0 Å². The van der Waals surface area contributed by atoms with Crippen molar-refractivity contribution in [3.63, 3.8) is 0 Å². The molecule has 1 heterocycles. The van der Waals surface area contributed by atoms with Crippen LogP contribution in [0, 0.1) is 0 Å². The smallest absolute Gasteiger partial charge is 0.115 e. The van der Waals surface area contributed by atoms with Crippen LogP contribution in [0.5, 0.6) is 5.75 Å². The molecular weight excluding hydrogens is 406 g/mol. The van der Waals surface area contributed by atoms with E-state index in [-0.39, 0.29) is 0 Å². The van der Waals surface area contributed by atoms with E-state index in [4.69, 9.17) is 5.11 Å². The molecule has 0 aliphatic rings. The van der Waals surface area contributed by atoms with Crippen LogP contribution in [-0.4, -0.2) is 10.1 Å². The van der Waals surface area contributed by atoms with Crippen molar-refractivity contribution in [3.8, 4) is 5.75 Å². The van der Waals surface area contributed by atoms with Gasteiger partial charge in [-0.05, 0) is 56.1 Å². The fourth-order valence-corrected chi connectivity index (χ4v) is 3.06. The molecular formula is C18H13Br2NO. The summed E-state index contributed by atoms with van der Waals surface area (Å²) in [4.78, 5) is 3.41. The fraction of sp³-hybridized carbons (Fsp3) is 0. The summed E-state index contributed by atoms with van der Waals surface area (Å²) in [7, 11) is 0. The van der Waals surface area contributed by atoms with Gasteiger partial charge in [-0.1, -0.05) is 42.5 Å². The minimum absolute atomic E-state index is 0.322. The van der Waals surface area contributed by atoms with Gasteiger partial charge >= 0.3 is 0 Å². The Balaban J connectivity index is 0.000000174. The Morgan fingerprint density at radius 1 is 0.727 bits per heavy atom. The van der Waals surface area contributed by atoms with Crippen LogP contribution in [0.25, 0.3) is 21.8 Å². The van der Waals surface area contributed by atoms with Gasteiger partial charge in [0.2, 0.25) is 0 Å². The molecule has 0 atom stereocenters. The van der Waals surface area contributed by atoms with Crippen LogP contribution in [0.15, 0.2) is 75.7 Å². The number of rotatable bonds is 0. The molecule has 2 nitrogen and oxygen atoms in total. The van der Waals surface area contributed by atoms with Crippen molar-refractivity contribution in [2.24, 2.45) is 0 Å². The number of phenols is 1. The summed E-state index contributed by atoms with van der Waals surface area (Å²) < 4.78 is 2.15. The van der Waals surface area contributed by atoms with E-state index in [9.17, 15) is 0 Å². The lowest BCUT2D eigenvalue weighted by atomic mass is 10.2. The number of aromatic amines is 1. The van der Waals surface area contributed by atoms with Crippen LogP contribution in [0.1, 0.15) is 0 Å². The standard InChI is InChI=1S/C12H7Br2N.C6H6O/c13-9-6-5-8-7-3-1-2-4-10(7)15-12(8)11(9)14;7-6-4-2-1-3-5-6/h1-6,15H;1-5,7H. The molecule has 0 aliphatic carbocycles. The monoisotopic (exact) mass is 417 g/mol. The van der Waals surface area contributed by atoms with Gasteiger partial charge < -0.3 is 10.1 Å². The number of H-pyrrole nitrogens is 1. The third kappa shape index (κ3) is 3.03. The number of hydrogen-bond donors (Lipinski definition) is 2. The van der Waals surface area contributed by atoms with Crippen LogP contribution in [0.2, 0.25) is 0 Å². The molecule has 0 unspecified atom stereocenters. The molecule has 0 bridgehead atoms. The van der Waals surface area contributed by atoms with E-state index in [1.54, 1.807) is 24.3 Å². The van der Waals surface area contributed by atoms with Crippen molar-refractivity contribution in [3.05, 3.63) is 75.7 Å². The Kier molecular flexibility index (Phi) is 4.50. The number of aromatic hydroxyl groups is 1. The van der Waals surface area contributed by atoms with E-state index >= 15 is 0 Å². The van der Waals surface area contributed by atoms with E-state index in [2.05, 4.69) is 67.2 Å². The molecule has 22 heavy (non-hydrogen) atoms. The number of halogens is 2. The van der Waals surface area contributed by atoms with Crippen molar-refractivity contribution in [1.82, 2.24) is 4.98 Å². The van der Waals surface area contributed by atoms with Crippen LogP contribution >= 0.6 is 31.9 Å². The van der Waals surface area contributed by atoms with Crippen molar-refractivity contribution in [1.29, 1.82) is 0 Å². The lowest BCUT2D eigenvalue weighted by Gasteiger charge is -1.97. The molecule has 4 aromatic rings. The lowest BCUT2D eigenvalue weighted by Crippen LogP contribution is -1.72. The summed E-state index contributed by atoms with van der Waals surface area (Å²) in [6, 6.07) is 21.2. The maximum Gasteiger partial charge on any atom is 0.115 e. The molecule has 3 aromatic carbocycles. The maximum absolute atomic E-state index is 8.63. The molecule has 4 rings (SSSR count). The Hall–Kier alpha value is -1.78. The Morgan fingerprint density at radius 3 is 2.09 bits per heavy atom. The molecule has 0 fully saturated rings. The Bertz CT molecular complexity index is 916. The first kappa shape index (κ1) is 15.1. The second kappa shape index (κ2) is 6.55. The van der Waals surface area contributed by atoms with Crippen LogP contribution < -0.4 is 0 Å². The largest absolute Gasteiger partial charge is 0.508 e. The van der Waals surface area contributed by atoms with Gasteiger partial charge in [-0.25, -0.2) is 0 Å². The average Bonchev–Trinajstić information content (AvgIpc) is 2.92. The predicted molar refractivity (Wildman–Crippen MR) is 99.3 cm³/mol. The molecule has 0 aliphatic heterocycles. The molecule has 0 radical (unpaired) electrons. The maximum atomic E-state index is 8.63. The summed E-state index contributed by atoms with van der Waals surface area (Å²) in [6.45, 7) is 0. The van der Waals surface area contributed by atoms with E-state index in [0.717, 1.165) is 14.5 Å². The van der Waals surface area contributed by atoms with Crippen molar-refractivity contribution in [2.75, 3.05) is 0 Å². The third-order valence-electron chi connectivity index (χ3n) is 3.33. The Labute approximate surface area is 145 Å². The number of fused-ring (bicyclic) bond motifs is 3. The molecule has 4 heteroatoms. The predicted octanol–water partition coefficient (Wildman–Crippen LogP) is 6.24. The van der Waals surface area contributed by atoms with Crippen LogP contribution in [-0.2, 0) is 0 Å². The SMILES string of the molecule is Brc1ccc2c([nH]c3ccccc32)c1Br.Oc1ccccc1. The summed E-state index contributed by atoms with van der Waals surface area (Å²) in [5, 5.41) is 11.1. The highest BCUT2D eigenvalue weighted by Crippen LogP contribution is 2.34. The quantitative estimate of drug-likeness (QED) is 0.348. The number of hydrogen-bond acceptors (Lipinski definition) is 1. The summed E-state index contributed by atoms with van der Waals surface area (Å²) in [5.41, 5.74) is 2.32. The molecule has 1 aromatic heterocycles. The minimum atomic E-state index is 0.322. The van der Waals surface area contributed by atoms with E-state index in [0.29, 0.717) is 5.75 Å². The van der Waals surface area contributed by atoms with Gasteiger partial charge in [0, 0.05) is 20.8 Å². The summed E-state index contributed by atoms with van der Waals surface area (Å²) >= 11 is 7.09. The average molecular weight is 419 g/mol. The highest BCUT2D eigenvalue weighted by Gasteiger charge is 2.08. The van der Waals surface area contributed by atoms with E-state index in [1.165, 1.54) is 16.3 Å². The highest BCUT2D eigenvalue weighted by atomic mass is 79.9. The van der Waals surface area contributed by atoms with E-state index < -0.39 is 0 Å². The number of aromatic nitrogens is 1. The molecule has 2 N–H and O–H groups in total. The van der Waals surface area contributed by atoms with Crippen LogP contribution in [0.3, 0.4) is 0 Å². The number of para-hydroxylation sites is 2. The zero-order valence-corrected chi connectivity index (χ0v) is 14.7. The van der Waals surface area contributed by atoms with Crippen molar-refractivity contribution >= 4 is 53.7 Å². The second-order valence-corrected chi connectivity index (χ2v) is 6.44. The minimum Gasteiger partial charge on any atom is -0.508 e. The van der Waals surface area contributed by atoms with Gasteiger partial charge in [-0.15, -0.1) is 0 Å². The highest BCUT2D eigenvalue weighted by molar-refractivity contribution is 9.13. The molecule has 0 amide bonds. The summed E-state index contributed by atoms with van der Waals surface area (Å²) in [6.07, 6.45) is 0. The van der Waals surface area contributed by atoms with Crippen LogP contribution in [0.4, 0.5) is 0 Å². The van der Waals surface area contributed by atoms with E-state index in [1.807, 2.05) is 12.1 Å². The topological polar surface area (TPSA) is 36.0 Å². The first-order valence-corrected chi connectivity index (χ1v) is 8.34. The first-order chi connectivity index (χ1) is 10.7. The first-order valence-electron chi connectivity index (χ1n) is 6.75. The van der Waals surface area contributed by atoms with Gasteiger partial charge in [0.25, 0.3) is 0 Å². The lowest BCUT2D eigenvalue weighted by molar-refractivity contribution is 0.475. The van der Waals surface area contributed by atoms with Gasteiger partial charge in [-0.2, -0.15) is 0 Å². The second-order valence-electron chi connectivity index (χ2n) is 4.79. The number of benzene rings is 3. The zero-order chi connectivity index (χ0) is 15.5. The molecule has 0 saturated carbocycles. The number of phenolic OH excluding ortho intramolecular Hbond substituents is 1. The number of nitrogens with one attached hydrogen (secondary N) is 1. The van der Waals surface area contributed by atoms with Gasteiger partial charge in [0.15, 0.2) is 0 Å². The normalized spacial score (nSPS) is 10.5. The summed E-state index contributed by atoms with van der Waals surface area (Å²) in [5.74, 6) is 0.322. The molecule has 110 valence electrons. The van der Waals surface area contributed by atoms with Crippen molar-refractivity contribution < 1.29 is 5.11 Å². The zero-order valence-electron chi connectivity index (χ0n) is 11.6. The van der Waals surface area contributed by atoms with Gasteiger partial charge in [0.05, 0.1) is 9.99 Å². The molecule has 0 spiro atoms. The third-order valence-corrected chi connectivity index (χ3v) is 5.34. The fourth-order valence-electron chi connectivity index (χ4n) is 2.29.